The Kier molecular flexibility index (Phi) is 6.93. The number of hydrogen-bond donors (Lipinski definition) is 4. The van der Waals surface area contributed by atoms with E-state index in [0.29, 0.717) is 12.1 Å². The molecule has 4 rings (SSSR count). The fraction of sp³-hybridized carbons (Fsp3) is 0.542. The number of aliphatic hydroxyl groups excluding tert-OH is 1. The number of anilines is 3. The van der Waals surface area contributed by atoms with Crippen LogP contribution in [-0.4, -0.2) is 38.2 Å². The molecule has 4 N–H and O–H groups in total. The molecule has 1 saturated carbocycles. The van der Waals surface area contributed by atoms with Crippen LogP contribution >= 0.6 is 11.3 Å². The molecule has 0 amide bonds. The van der Waals surface area contributed by atoms with E-state index in [2.05, 4.69) is 65.7 Å². The number of pyridine rings is 2. The normalized spacial score (nSPS) is 20.3. The third-order valence-electron chi connectivity index (χ3n) is 6.25. The Balaban J connectivity index is 1.54. The number of aliphatic hydroxyl groups is 1. The second-order valence-corrected chi connectivity index (χ2v) is 10.8. The summed E-state index contributed by atoms with van der Waals surface area (Å²) in [6, 6.07) is 8.78. The highest BCUT2D eigenvalue weighted by atomic mass is 32.1. The van der Waals surface area contributed by atoms with E-state index in [9.17, 15) is 5.11 Å². The van der Waals surface area contributed by atoms with Crippen molar-refractivity contribution >= 4 is 38.5 Å². The smallest absolute Gasteiger partial charge is 0.190 e. The quantitative estimate of drug-likeness (QED) is 0.396. The third-order valence-corrected chi connectivity index (χ3v) is 7.14. The first-order valence-corrected chi connectivity index (χ1v) is 12.3. The molecular weight excluding hydrogens is 420 g/mol. The SMILES string of the molecule is C[C@H](NCc1cc(Nc2nc3cccnc3s2)nc(NC2CCC(O)CC2)c1)C(C)(C)C. The second-order valence-electron chi connectivity index (χ2n) is 9.84. The van der Waals surface area contributed by atoms with Gasteiger partial charge < -0.3 is 21.1 Å². The predicted molar refractivity (Wildman–Crippen MR) is 133 cm³/mol. The first-order chi connectivity index (χ1) is 15.3. The van der Waals surface area contributed by atoms with Crippen LogP contribution in [0.1, 0.15) is 58.9 Å². The van der Waals surface area contributed by atoms with Crippen molar-refractivity contribution in [2.45, 2.75) is 78.1 Å². The van der Waals surface area contributed by atoms with Crippen LogP contribution in [0.3, 0.4) is 0 Å². The lowest BCUT2D eigenvalue weighted by atomic mass is 9.88. The van der Waals surface area contributed by atoms with Crippen molar-refractivity contribution in [1.29, 1.82) is 0 Å². The van der Waals surface area contributed by atoms with Crippen LogP contribution in [0, 0.1) is 5.41 Å². The van der Waals surface area contributed by atoms with Gasteiger partial charge >= 0.3 is 0 Å². The Bertz CT molecular complexity index is 1010. The molecule has 0 radical (unpaired) electrons. The molecule has 0 saturated heterocycles. The Morgan fingerprint density at radius 2 is 1.88 bits per heavy atom. The Morgan fingerprint density at radius 3 is 2.59 bits per heavy atom. The van der Waals surface area contributed by atoms with Crippen molar-refractivity contribution < 1.29 is 5.11 Å². The van der Waals surface area contributed by atoms with Crippen LogP contribution in [0.5, 0.6) is 0 Å². The molecule has 0 aromatic carbocycles. The molecule has 3 aromatic rings. The number of nitrogens with one attached hydrogen (secondary N) is 3. The first-order valence-electron chi connectivity index (χ1n) is 11.4. The molecule has 7 nitrogen and oxygen atoms in total. The molecule has 0 spiro atoms. The zero-order valence-electron chi connectivity index (χ0n) is 19.4. The van der Waals surface area contributed by atoms with E-state index in [1.54, 1.807) is 6.20 Å². The van der Waals surface area contributed by atoms with Crippen LogP contribution in [0.25, 0.3) is 10.3 Å². The Morgan fingerprint density at radius 1 is 1.12 bits per heavy atom. The van der Waals surface area contributed by atoms with Gasteiger partial charge in [0.2, 0.25) is 0 Å². The molecule has 172 valence electrons. The third kappa shape index (κ3) is 5.94. The van der Waals surface area contributed by atoms with Gasteiger partial charge in [0.25, 0.3) is 0 Å². The molecule has 0 bridgehead atoms. The minimum Gasteiger partial charge on any atom is -0.393 e. The van der Waals surface area contributed by atoms with E-state index in [4.69, 9.17) is 4.98 Å². The minimum atomic E-state index is -0.166. The average molecular weight is 455 g/mol. The summed E-state index contributed by atoms with van der Waals surface area (Å²) in [7, 11) is 0. The van der Waals surface area contributed by atoms with E-state index in [0.717, 1.165) is 64.9 Å². The molecule has 3 heterocycles. The lowest BCUT2D eigenvalue weighted by molar-refractivity contribution is 0.126. The number of fused-ring (bicyclic) bond motifs is 1. The van der Waals surface area contributed by atoms with Crippen molar-refractivity contribution in [3.63, 3.8) is 0 Å². The summed E-state index contributed by atoms with van der Waals surface area (Å²) in [5, 5.41) is 21.2. The van der Waals surface area contributed by atoms with Crippen molar-refractivity contribution in [2.75, 3.05) is 10.6 Å². The zero-order valence-corrected chi connectivity index (χ0v) is 20.2. The summed E-state index contributed by atoms with van der Waals surface area (Å²) in [5.74, 6) is 1.63. The van der Waals surface area contributed by atoms with Crippen molar-refractivity contribution in [3.05, 3.63) is 36.0 Å². The number of aromatic nitrogens is 3. The fourth-order valence-corrected chi connectivity index (χ4v) is 4.58. The van der Waals surface area contributed by atoms with Gasteiger partial charge in [-0.3, -0.25) is 0 Å². The lowest BCUT2D eigenvalue weighted by Crippen LogP contribution is -2.37. The number of thiazole rings is 1. The molecule has 3 aromatic heterocycles. The summed E-state index contributed by atoms with van der Waals surface area (Å²) in [6.45, 7) is 9.72. The molecule has 0 unspecified atom stereocenters. The summed E-state index contributed by atoms with van der Waals surface area (Å²) in [5.41, 5.74) is 2.23. The monoisotopic (exact) mass is 454 g/mol. The number of nitrogens with zero attached hydrogens (tertiary/aromatic N) is 3. The largest absolute Gasteiger partial charge is 0.393 e. The summed E-state index contributed by atoms with van der Waals surface area (Å²) in [4.78, 5) is 14.8. The van der Waals surface area contributed by atoms with E-state index < -0.39 is 0 Å². The minimum absolute atomic E-state index is 0.166. The topological polar surface area (TPSA) is 95.0 Å². The van der Waals surface area contributed by atoms with Crippen LogP contribution in [0.15, 0.2) is 30.5 Å². The molecule has 1 fully saturated rings. The van der Waals surface area contributed by atoms with E-state index in [-0.39, 0.29) is 11.5 Å². The summed E-state index contributed by atoms with van der Waals surface area (Å²) in [6.07, 6.45) is 5.21. The van der Waals surface area contributed by atoms with E-state index in [1.807, 2.05) is 12.1 Å². The highest BCUT2D eigenvalue weighted by Gasteiger charge is 2.21. The predicted octanol–water partition coefficient (Wildman–Crippen LogP) is 5.07. The van der Waals surface area contributed by atoms with Crippen LogP contribution in [0.4, 0.5) is 16.8 Å². The van der Waals surface area contributed by atoms with E-state index in [1.165, 1.54) is 11.3 Å². The highest BCUT2D eigenvalue weighted by molar-refractivity contribution is 7.21. The van der Waals surface area contributed by atoms with Crippen molar-refractivity contribution in [2.24, 2.45) is 5.41 Å². The van der Waals surface area contributed by atoms with Gasteiger partial charge in [0.15, 0.2) is 5.13 Å². The van der Waals surface area contributed by atoms with Gasteiger partial charge in [-0.05, 0) is 67.9 Å². The molecule has 32 heavy (non-hydrogen) atoms. The van der Waals surface area contributed by atoms with Crippen LogP contribution in [-0.2, 0) is 6.54 Å². The van der Waals surface area contributed by atoms with Gasteiger partial charge in [-0.15, -0.1) is 0 Å². The van der Waals surface area contributed by atoms with Crippen LogP contribution < -0.4 is 16.0 Å². The molecule has 1 atom stereocenters. The highest BCUT2D eigenvalue weighted by Crippen LogP contribution is 2.28. The van der Waals surface area contributed by atoms with Crippen LogP contribution in [0.2, 0.25) is 0 Å². The maximum atomic E-state index is 9.82. The van der Waals surface area contributed by atoms with Gasteiger partial charge in [0.1, 0.15) is 22.0 Å². The lowest BCUT2D eigenvalue weighted by Gasteiger charge is -2.29. The van der Waals surface area contributed by atoms with E-state index >= 15 is 0 Å². The first kappa shape index (κ1) is 22.9. The van der Waals surface area contributed by atoms with Gasteiger partial charge in [-0.2, -0.15) is 0 Å². The zero-order chi connectivity index (χ0) is 22.7. The number of hydrogen-bond acceptors (Lipinski definition) is 8. The molecular formula is C24H34N6OS. The summed E-state index contributed by atoms with van der Waals surface area (Å²) >= 11 is 1.52. The standard InChI is InChI=1S/C24H34N6OS/c1-15(24(2,3)4)26-14-16-12-20(27-17-7-9-18(31)10-8-17)29-21(13-16)30-23-28-19-6-5-11-25-22(19)32-23/h5-6,11-13,15,17-18,26,31H,7-10,14H2,1-4H3,(H2,27,28,29,30)/t15-,17?,18?/m0/s1. The van der Waals surface area contributed by atoms with Gasteiger partial charge in [0.05, 0.1) is 6.10 Å². The maximum Gasteiger partial charge on any atom is 0.190 e. The molecule has 8 heteroatoms. The average Bonchev–Trinajstić information content (AvgIpc) is 3.15. The molecule has 0 aliphatic heterocycles. The Hall–Kier alpha value is -2.29. The molecule has 1 aliphatic carbocycles. The maximum absolute atomic E-state index is 9.82. The fourth-order valence-electron chi connectivity index (χ4n) is 3.77. The Labute approximate surface area is 194 Å². The summed E-state index contributed by atoms with van der Waals surface area (Å²) < 4.78 is 0. The second kappa shape index (κ2) is 9.68. The van der Waals surface area contributed by atoms with Crippen molar-refractivity contribution in [1.82, 2.24) is 20.3 Å². The van der Waals surface area contributed by atoms with Gasteiger partial charge in [-0.1, -0.05) is 32.1 Å². The molecule has 1 aliphatic rings. The van der Waals surface area contributed by atoms with Crippen molar-refractivity contribution in [3.8, 4) is 0 Å². The number of rotatable bonds is 7. The van der Waals surface area contributed by atoms with Gasteiger partial charge in [-0.25, -0.2) is 15.0 Å². The van der Waals surface area contributed by atoms with Gasteiger partial charge in [0, 0.05) is 24.8 Å².